The van der Waals surface area contributed by atoms with Crippen LogP contribution in [0.25, 0.3) is 0 Å². The Morgan fingerprint density at radius 2 is 2.00 bits per heavy atom. The Bertz CT molecular complexity index is 303. The van der Waals surface area contributed by atoms with Gasteiger partial charge < -0.3 is 5.32 Å². The normalized spacial score (nSPS) is 17.7. The molecule has 0 saturated heterocycles. The molecule has 1 aromatic rings. The molecule has 1 aliphatic carbocycles. The van der Waals surface area contributed by atoms with Crippen LogP contribution in [-0.4, -0.2) is 12.6 Å². The fourth-order valence-corrected chi connectivity index (χ4v) is 2.17. The number of hydrogen-bond donors (Lipinski definition) is 1. The first kappa shape index (κ1) is 11.0. The summed E-state index contributed by atoms with van der Waals surface area (Å²) >= 11 is 5.87. The molecule has 1 saturated carbocycles. The van der Waals surface area contributed by atoms with E-state index in [9.17, 15) is 0 Å². The van der Waals surface area contributed by atoms with Crippen molar-refractivity contribution in [2.24, 2.45) is 5.92 Å². The van der Waals surface area contributed by atoms with Gasteiger partial charge in [-0.15, -0.1) is 0 Å². The molecule has 0 radical (unpaired) electrons. The van der Waals surface area contributed by atoms with Crippen LogP contribution in [0.4, 0.5) is 0 Å². The third-order valence-electron chi connectivity index (χ3n) is 3.03. The van der Waals surface area contributed by atoms with Crippen molar-refractivity contribution in [1.82, 2.24) is 5.32 Å². The van der Waals surface area contributed by atoms with Crippen LogP contribution >= 0.6 is 11.6 Å². The summed E-state index contributed by atoms with van der Waals surface area (Å²) in [6.45, 7) is 3.24. The smallest absolute Gasteiger partial charge is 0.0406 e. The fraction of sp³-hybridized carbons (Fsp3) is 0.538. The van der Waals surface area contributed by atoms with Gasteiger partial charge in [0.1, 0.15) is 0 Å². The van der Waals surface area contributed by atoms with Crippen LogP contribution in [0.1, 0.15) is 25.3 Å². The Hall–Kier alpha value is -0.530. The molecule has 82 valence electrons. The van der Waals surface area contributed by atoms with E-state index in [1.807, 2.05) is 12.1 Å². The lowest BCUT2D eigenvalue weighted by atomic mass is 10.0. The van der Waals surface area contributed by atoms with Crippen molar-refractivity contribution >= 4 is 11.6 Å². The second-order valence-corrected chi connectivity index (χ2v) is 4.77. The first-order chi connectivity index (χ1) is 7.29. The van der Waals surface area contributed by atoms with Gasteiger partial charge in [0.2, 0.25) is 0 Å². The molecule has 2 rings (SSSR count). The summed E-state index contributed by atoms with van der Waals surface area (Å²) < 4.78 is 0. The van der Waals surface area contributed by atoms with Gasteiger partial charge in [-0.25, -0.2) is 0 Å². The van der Waals surface area contributed by atoms with Gasteiger partial charge in [-0.05, 0) is 49.4 Å². The first-order valence-electron chi connectivity index (χ1n) is 5.77. The standard InChI is InChI=1S/C13H18ClN/c1-2-15-13(11-5-6-11)9-10-3-7-12(14)8-4-10/h3-4,7-8,11,13,15H,2,5-6,9H2,1H3. The van der Waals surface area contributed by atoms with Crippen LogP contribution < -0.4 is 5.32 Å². The number of hydrogen-bond acceptors (Lipinski definition) is 1. The monoisotopic (exact) mass is 223 g/mol. The number of nitrogens with one attached hydrogen (secondary N) is 1. The van der Waals surface area contributed by atoms with Gasteiger partial charge in [0.25, 0.3) is 0 Å². The van der Waals surface area contributed by atoms with Gasteiger partial charge in [-0.1, -0.05) is 30.7 Å². The van der Waals surface area contributed by atoms with Crippen LogP contribution in [0.5, 0.6) is 0 Å². The highest BCUT2D eigenvalue weighted by Crippen LogP contribution is 2.34. The lowest BCUT2D eigenvalue weighted by Gasteiger charge is -2.17. The van der Waals surface area contributed by atoms with E-state index in [1.54, 1.807) is 0 Å². The lowest BCUT2D eigenvalue weighted by molar-refractivity contribution is 0.472. The number of halogens is 1. The molecule has 1 unspecified atom stereocenters. The van der Waals surface area contributed by atoms with E-state index < -0.39 is 0 Å². The second kappa shape index (κ2) is 5.00. The lowest BCUT2D eigenvalue weighted by Crippen LogP contribution is -2.32. The molecule has 1 nitrogen and oxygen atoms in total. The van der Waals surface area contributed by atoms with Gasteiger partial charge >= 0.3 is 0 Å². The molecule has 2 heteroatoms. The van der Waals surface area contributed by atoms with E-state index in [-0.39, 0.29) is 0 Å². The molecule has 1 N–H and O–H groups in total. The average molecular weight is 224 g/mol. The predicted octanol–water partition coefficient (Wildman–Crippen LogP) is 3.27. The van der Waals surface area contributed by atoms with E-state index >= 15 is 0 Å². The average Bonchev–Trinajstić information content (AvgIpc) is 3.04. The van der Waals surface area contributed by atoms with E-state index in [1.165, 1.54) is 18.4 Å². The summed E-state index contributed by atoms with van der Waals surface area (Å²) in [5, 5.41) is 4.40. The number of likely N-dealkylation sites (N-methyl/N-ethyl adjacent to an activating group) is 1. The van der Waals surface area contributed by atoms with Crippen LogP contribution in [-0.2, 0) is 6.42 Å². The highest BCUT2D eigenvalue weighted by molar-refractivity contribution is 6.30. The van der Waals surface area contributed by atoms with Crippen molar-refractivity contribution in [3.63, 3.8) is 0 Å². The van der Waals surface area contributed by atoms with Crippen LogP contribution in [0.3, 0.4) is 0 Å². The van der Waals surface area contributed by atoms with Crippen molar-refractivity contribution in [3.8, 4) is 0 Å². The Labute approximate surface area is 96.8 Å². The van der Waals surface area contributed by atoms with Crippen LogP contribution in [0.15, 0.2) is 24.3 Å². The molecule has 1 aliphatic rings. The summed E-state index contributed by atoms with van der Waals surface area (Å²) in [6.07, 6.45) is 3.92. The molecule has 0 aromatic heterocycles. The van der Waals surface area contributed by atoms with Gasteiger partial charge in [0, 0.05) is 11.1 Å². The number of rotatable bonds is 5. The summed E-state index contributed by atoms with van der Waals surface area (Å²) in [5.41, 5.74) is 1.39. The third kappa shape index (κ3) is 3.22. The van der Waals surface area contributed by atoms with E-state index in [0.717, 1.165) is 23.9 Å². The maximum atomic E-state index is 5.87. The Balaban J connectivity index is 1.95. The topological polar surface area (TPSA) is 12.0 Å². The van der Waals surface area contributed by atoms with Crippen molar-refractivity contribution in [2.75, 3.05) is 6.54 Å². The zero-order valence-electron chi connectivity index (χ0n) is 9.17. The molecule has 1 fully saturated rings. The van der Waals surface area contributed by atoms with Crippen LogP contribution in [0.2, 0.25) is 5.02 Å². The van der Waals surface area contributed by atoms with E-state index in [4.69, 9.17) is 11.6 Å². The summed E-state index contributed by atoms with van der Waals surface area (Å²) in [7, 11) is 0. The van der Waals surface area contributed by atoms with Gasteiger partial charge in [0.15, 0.2) is 0 Å². The van der Waals surface area contributed by atoms with Gasteiger partial charge in [-0.3, -0.25) is 0 Å². The van der Waals surface area contributed by atoms with Crippen molar-refractivity contribution in [3.05, 3.63) is 34.9 Å². The van der Waals surface area contributed by atoms with Crippen molar-refractivity contribution in [2.45, 2.75) is 32.2 Å². The van der Waals surface area contributed by atoms with E-state index in [2.05, 4.69) is 24.4 Å². The molecular formula is C13H18ClN. The highest BCUT2D eigenvalue weighted by atomic mass is 35.5. The maximum Gasteiger partial charge on any atom is 0.0406 e. The minimum Gasteiger partial charge on any atom is -0.314 e. The summed E-state index contributed by atoms with van der Waals surface area (Å²) in [5.74, 6) is 0.903. The molecule has 1 aromatic carbocycles. The van der Waals surface area contributed by atoms with Gasteiger partial charge in [-0.2, -0.15) is 0 Å². The quantitative estimate of drug-likeness (QED) is 0.808. The zero-order chi connectivity index (χ0) is 10.7. The van der Waals surface area contributed by atoms with Crippen LogP contribution in [0, 0.1) is 5.92 Å². The largest absolute Gasteiger partial charge is 0.314 e. The SMILES string of the molecule is CCNC(Cc1ccc(Cl)cc1)C1CC1. The molecule has 0 amide bonds. The highest BCUT2D eigenvalue weighted by Gasteiger charge is 2.30. The molecule has 1 atom stereocenters. The Morgan fingerprint density at radius 3 is 2.53 bits per heavy atom. The van der Waals surface area contributed by atoms with Gasteiger partial charge in [0.05, 0.1) is 0 Å². The predicted molar refractivity (Wildman–Crippen MR) is 65.3 cm³/mol. The fourth-order valence-electron chi connectivity index (χ4n) is 2.04. The number of benzene rings is 1. The molecular weight excluding hydrogens is 206 g/mol. The third-order valence-corrected chi connectivity index (χ3v) is 3.28. The summed E-state index contributed by atoms with van der Waals surface area (Å²) in [6, 6.07) is 8.89. The molecule has 0 spiro atoms. The van der Waals surface area contributed by atoms with E-state index in [0.29, 0.717) is 6.04 Å². The molecule has 15 heavy (non-hydrogen) atoms. The minimum absolute atomic E-state index is 0.663. The molecule has 0 bridgehead atoms. The summed E-state index contributed by atoms with van der Waals surface area (Å²) in [4.78, 5) is 0. The molecule has 0 aliphatic heterocycles. The second-order valence-electron chi connectivity index (χ2n) is 4.33. The molecule has 0 heterocycles. The van der Waals surface area contributed by atoms with Crippen molar-refractivity contribution in [1.29, 1.82) is 0 Å². The maximum absolute atomic E-state index is 5.87. The van der Waals surface area contributed by atoms with Crippen molar-refractivity contribution < 1.29 is 0 Å². The first-order valence-corrected chi connectivity index (χ1v) is 6.15. The Kier molecular flexibility index (Phi) is 3.66. The minimum atomic E-state index is 0.663. The Morgan fingerprint density at radius 1 is 1.33 bits per heavy atom. The zero-order valence-corrected chi connectivity index (χ0v) is 9.93.